The molecule has 0 bridgehead atoms. The Bertz CT molecular complexity index is 10.9. The second kappa shape index (κ2) is 56.5. The Kier molecular flexibility index (Phi) is 630. The summed E-state index contributed by atoms with van der Waals surface area (Å²) < 4.78 is 0. The van der Waals surface area contributed by atoms with E-state index in [2.05, 4.69) is 0 Å². The molecule has 0 rings (SSSR count). The molecule has 0 aliphatic rings. The Balaban J connectivity index is 0. The van der Waals surface area contributed by atoms with Crippen molar-refractivity contribution in [2.24, 2.45) is 0 Å². The van der Waals surface area contributed by atoms with Crippen LogP contribution in [0.1, 0.15) is 0 Å². The summed E-state index contributed by atoms with van der Waals surface area (Å²) in [5.41, 5.74) is 0. The Morgan fingerprint density at radius 3 is 0.429 bits per heavy atom. The molecule has 0 fully saturated rings. The fraction of sp³-hybridized carbons (Fsp3) is 0. The van der Waals surface area contributed by atoms with Gasteiger partial charge in [-0.15, -0.1) is 0 Å². The minimum atomic E-state index is 0. The van der Waals surface area contributed by atoms with E-state index in [9.17, 15) is 0 Å². The molecule has 0 spiro atoms. The first kappa shape index (κ1) is 78.1. The first-order valence-electron chi connectivity index (χ1n) is 0. The van der Waals surface area contributed by atoms with Crippen LogP contribution in [0.4, 0.5) is 0 Å². The first-order valence-corrected chi connectivity index (χ1v) is 0. The number of hydrogen-bond donors (Lipinski definition) is 0. The second-order valence-corrected chi connectivity index (χ2v) is 0. The summed E-state index contributed by atoms with van der Waals surface area (Å²) >= 11 is 0. The van der Waals surface area contributed by atoms with E-state index in [0.29, 0.717) is 0 Å². The standard InChI is InChI=1S/2Mo.3O.2Y/q;;3*-2;2*+3. The van der Waals surface area contributed by atoms with E-state index < -0.39 is 0 Å². The summed E-state index contributed by atoms with van der Waals surface area (Å²) in [5.74, 6) is 0. The predicted octanol–water partition coefficient (Wildman–Crippen LogP) is -0.366. The molecule has 0 aromatic rings. The van der Waals surface area contributed by atoms with Crippen molar-refractivity contribution in [3.05, 3.63) is 0 Å². The van der Waals surface area contributed by atoms with Crippen LogP contribution in [0.3, 0.4) is 0 Å². The van der Waals surface area contributed by atoms with Gasteiger partial charge in [0.25, 0.3) is 0 Å². The third kappa shape index (κ3) is 43.9. The van der Waals surface area contributed by atoms with E-state index in [1.807, 2.05) is 0 Å². The molecule has 0 aliphatic carbocycles. The molecule has 7 heteroatoms. The van der Waals surface area contributed by atoms with Gasteiger partial charge in [-0.25, -0.2) is 0 Å². The van der Waals surface area contributed by atoms with Crippen molar-refractivity contribution in [1.82, 2.24) is 0 Å². The van der Waals surface area contributed by atoms with Crippen molar-refractivity contribution >= 4 is 0 Å². The maximum atomic E-state index is 0. The molecule has 3 nitrogen and oxygen atoms in total. The first-order chi connectivity index (χ1) is 0. The SMILES string of the molecule is [Mo].[Mo].[O-2].[O-2].[O-2].[Y+3].[Y+3]. The van der Waals surface area contributed by atoms with Crippen molar-refractivity contribution in [2.45, 2.75) is 0 Å². The van der Waals surface area contributed by atoms with Crippen LogP contribution in [0.25, 0.3) is 0 Å². The molecular weight excluding hydrogens is 418 g/mol. The van der Waals surface area contributed by atoms with E-state index in [-0.39, 0.29) is 124 Å². The molecule has 0 N–H and O–H groups in total. The third-order valence-corrected chi connectivity index (χ3v) is 0. The molecular formula is Mo2O3Y2. The normalized spacial score (nSPS) is 0. The van der Waals surface area contributed by atoms with E-state index in [1.54, 1.807) is 0 Å². The molecule has 0 heterocycles. The summed E-state index contributed by atoms with van der Waals surface area (Å²) in [6.45, 7) is 0. The fourth-order valence-electron chi connectivity index (χ4n) is 0. The largest absolute Gasteiger partial charge is 3.00 e. The zero-order valence-electron chi connectivity index (χ0n) is 3.20. The Morgan fingerprint density at radius 1 is 0.429 bits per heavy atom. The van der Waals surface area contributed by atoms with Crippen molar-refractivity contribution in [3.63, 3.8) is 0 Å². The van der Waals surface area contributed by atoms with Crippen LogP contribution in [-0.2, 0) is 124 Å². The van der Waals surface area contributed by atoms with Crippen LogP contribution >= 0.6 is 0 Å². The predicted molar refractivity (Wildman–Crippen MR) is 2.06 cm³/mol. The van der Waals surface area contributed by atoms with Crippen molar-refractivity contribution in [3.8, 4) is 0 Å². The molecule has 36 valence electrons. The fourth-order valence-corrected chi connectivity index (χ4v) is 0. The Labute approximate surface area is 121 Å². The van der Waals surface area contributed by atoms with Crippen molar-refractivity contribution < 1.29 is 124 Å². The smallest absolute Gasteiger partial charge is 2.00 e. The number of hydrogen-bond acceptors (Lipinski definition) is 0. The van der Waals surface area contributed by atoms with Crippen LogP contribution in [-0.4, -0.2) is 0 Å². The van der Waals surface area contributed by atoms with E-state index >= 15 is 0 Å². The van der Waals surface area contributed by atoms with Gasteiger partial charge in [-0.05, 0) is 0 Å². The van der Waals surface area contributed by atoms with Crippen LogP contribution in [0, 0.1) is 0 Å². The van der Waals surface area contributed by atoms with Gasteiger partial charge < -0.3 is 16.4 Å². The van der Waals surface area contributed by atoms with Crippen molar-refractivity contribution in [1.29, 1.82) is 0 Å². The van der Waals surface area contributed by atoms with E-state index in [1.165, 1.54) is 0 Å². The third-order valence-electron chi connectivity index (χ3n) is 0. The van der Waals surface area contributed by atoms with Gasteiger partial charge in [0.1, 0.15) is 0 Å². The molecule has 0 unspecified atom stereocenters. The van der Waals surface area contributed by atoms with Gasteiger partial charge in [-0.2, -0.15) is 0 Å². The van der Waals surface area contributed by atoms with Crippen LogP contribution < -0.4 is 0 Å². The summed E-state index contributed by atoms with van der Waals surface area (Å²) in [6.07, 6.45) is 0. The zero-order valence-corrected chi connectivity index (χ0v) is 12.9. The summed E-state index contributed by atoms with van der Waals surface area (Å²) in [5, 5.41) is 0. The van der Waals surface area contributed by atoms with Gasteiger partial charge in [-0.1, -0.05) is 0 Å². The van der Waals surface area contributed by atoms with Crippen LogP contribution in [0.15, 0.2) is 0 Å². The summed E-state index contributed by atoms with van der Waals surface area (Å²) in [4.78, 5) is 0. The summed E-state index contributed by atoms with van der Waals surface area (Å²) in [6, 6.07) is 0. The zero-order chi connectivity index (χ0) is 0. The average Bonchev–Trinajstić information content (AvgIpc) is 0. The van der Waals surface area contributed by atoms with Gasteiger partial charge in [0.2, 0.25) is 0 Å². The maximum Gasteiger partial charge on any atom is 3.00 e. The van der Waals surface area contributed by atoms with Crippen molar-refractivity contribution in [2.75, 3.05) is 0 Å². The molecule has 0 aliphatic heterocycles. The molecule has 0 aromatic carbocycles. The average molecular weight is 418 g/mol. The quantitative estimate of drug-likeness (QED) is 0.482. The van der Waals surface area contributed by atoms with Gasteiger partial charge in [0.05, 0.1) is 0 Å². The Morgan fingerprint density at radius 2 is 0.429 bits per heavy atom. The van der Waals surface area contributed by atoms with Gasteiger partial charge >= 0.3 is 65.4 Å². The van der Waals surface area contributed by atoms with E-state index in [0.717, 1.165) is 0 Å². The minimum Gasteiger partial charge on any atom is -2.00 e. The molecule has 0 saturated carbocycles. The molecule has 0 saturated heterocycles. The maximum absolute atomic E-state index is 0. The monoisotopic (exact) mass is 422 g/mol. The molecule has 0 atom stereocenters. The van der Waals surface area contributed by atoms with Gasteiger partial charge in [0, 0.05) is 42.1 Å². The van der Waals surface area contributed by atoms with Crippen LogP contribution in [0.2, 0.25) is 0 Å². The van der Waals surface area contributed by atoms with Gasteiger partial charge in [-0.3, -0.25) is 0 Å². The number of rotatable bonds is 0. The summed E-state index contributed by atoms with van der Waals surface area (Å²) in [7, 11) is 0. The molecule has 0 amide bonds. The van der Waals surface area contributed by atoms with Gasteiger partial charge in [0.15, 0.2) is 0 Å². The topological polar surface area (TPSA) is 85.5 Å². The molecule has 0 aromatic heterocycles. The molecule has 0 radical (unpaired) electrons. The molecule has 7 heavy (non-hydrogen) atoms. The Hall–Kier alpha value is 3.46. The van der Waals surface area contributed by atoms with E-state index in [4.69, 9.17) is 0 Å². The minimum absolute atomic E-state index is 0. The second-order valence-electron chi connectivity index (χ2n) is 0. The van der Waals surface area contributed by atoms with Crippen LogP contribution in [0.5, 0.6) is 0 Å².